The molecule has 0 bridgehead atoms. The molecule has 0 aliphatic carbocycles. The highest BCUT2D eigenvalue weighted by Gasteiger charge is 2.60. The Hall–Kier alpha value is -1.62. The van der Waals surface area contributed by atoms with Crippen molar-refractivity contribution in [2.45, 2.75) is 62.6 Å². The fraction of sp³-hybridized carbons (Fsp3) is 0.773. The molecule has 0 radical (unpaired) electrons. The number of hydrogen-bond donors (Lipinski definition) is 4. The molecule has 4 N–H and O–H groups in total. The van der Waals surface area contributed by atoms with E-state index >= 15 is 0 Å². The monoisotopic (exact) mass is 466 g/mol. The van der Waals surface area contributed by atoms with Gasteiger partial charge in [-0.15, -0.1) is 11.8 Å². The number of thioether (sulfide) groups is 1. The van der Waals surface area contributed by atoms with Crippen LogP contribution in [0.15, 0.2) is 10.6 Å². The van der Waals surface area contributed by atoms with Crippen molar-refractivity contribution in [3.8, 4) is 0 Å². The quantitative estimate of drug-likeness (QED) is 0.389. The Morgan fingerprint density at radius 3 is 2.59 bits per heavy atom. The summed E-state index contributed by atoms with van der Waals surface area (Å²) in [5.74, 6) is -1.42. The number of nitrogens with zero attached hydrogens (tertiary/aromatic N) is 2. The predicted octanol–water partition coefficient (Wildman–Crippen LogP) is 0.0602. The molecule has 4 heterocycles. The zero-order chi connectivity index (χ0) is 23.3. The van der Waals surface area contributed by atoms with Crippen LogP contribution in [0.3, 0.4) is 0 Å². The molecule has 4 aliphatic rings. The molecule has 4 rings (SSSR count). The van der Waals surface area contributed by atoms with Gasteiger partial charge in [-0.25, -0.2) is 4.79 Å². The van der Waals surface area contributed by atoms with E-state index in [4.69, 9.17) is 0 Å². The first-order valence-corrected chi connectivity index (χ1v) is 12.3. The normalized spacial score (nSPS) is 37.5. The summed E-state index contributed by atoms with van der Waals surface area (Å²) in [6.07, 6.45) is 1.97. The van der Waals surface area contributed by atoms with E-state index in [9.17, 15) is 24.6 Å². The molecule has 0 aromatic rings. The van der Waals surface area contributed by atoms with E-state index in [1.165, 1.54) is 4.90 Å². The fourth-order valence-electron chi connectivity index (χ4n) is 5.80. The summed E-state index contributed by atoms with van der Waals surface area (Å²) in [7, 11) is 3.56. The number of carboxylic acid groups (broad SMARTS) is 1. The van der Waals surface area contributed by atoms with Crippen LogP contribution in [-0.4, -0.2) is 94.5 Å². The molecule has 0 aromatic heterocycles. The highest BCUT2D eigenvalue weighted by Crippen LogP contribution is 2.51. The number of carboxylic acids is 1. The summed E-state index contributed by atoms with van der Waals surface area (Å²) < 4.78 is 0. The molecular formula is C22H34N4O5S. The number of nitrogens with one attached hydrogen (secondary N) is 2. The number of fused-ring (bicyclic) bond motifs is 1. The molecule has 9 nitrogen and oxygen atoms in total. The first-order valence-electron chi connectivity index (χ1n) is 11.4. The molecule has 0 spiro atoms. The maximum absolute atomic E-state index is 12.5. The molecule has 1 unspecified atom stereocenters. The lowest BCUT2D eigenvalue weighted by Gasteiger charge is -2.46. The van der Waals surface area contributed by atoms with Crippen LogP contribution in [0.2, 0.25) is 0 Å². The van der Waals surface area contributed by atoms with Crippen LogP contribution in [0, 0.1) is 17.8 Å². The topological polar surface area (TPSA) is 122 Å². The van der Waals surface area contributed by atoms with E-state index < -0.39 is 18.0 Å². The van der Waals surface area contributed by atoms with E-state index in [1.54, 1.807) is 37.7 Å². The van der Waals surface area contributed by atoms with Crippen molar-refractivity contribution in [2.24, 2.45) is 17.8 Å². The molecule has 3 fully saturated rings. The number of aliphatic hydroxyl groups is 1. The molecule has 0 aromatic carbocycles. The predicted molar refractivity (Wildman–Crippen MR) is 121 cm³/mol. The van der Waals surface area contributed by atoms with E-state index in [-0.39, 0.29) is 40.8 Å². The number of aliphatic hydroxyl groups excluding tert-OH is 1. The minimum Gasteiger partial charge on any atom is -0.477 e. The lowest BCUT2D eigenvalue weighted by molar-refractivity contribution is -0.163. The second-order valence-corrected chi connectivity index (χ2v) is 11.2. The number of likely N-dealkylation sites (N-methyl/N-ethyl adjacent to an activating group) is 1. The zero-order valence-electron chi connectivity index (χ0n) is 19.1. The van der Waals surface area contributed by atoms with Crippen molar-refractivity contribution in [1.82, 2.24) is 20.4 Å². The summed E-state index contributed by atoms with van der Waals surface area (Å²) in [6, 6.07) is -0.0351. The Bertz CT molecular complexity index is 831. The SMILES string of the molecule is C[C@@H](O)[C@H]1C(=O)N2C(C(=O)O)=C(S[C@@H]3CN[C@H](CC4CN[C@H](C(=O)N(C)C)C4)C3)[C@H](C)[C@H]12. The van der Waals surface area contributed by atoms with Gasteiger partial charge in [-0.2, -0.15) is 0 Å². The Morgan fingerprint density at radius 2 is 1.97 bits per heavy atom. The second kappa shape index (κ2) is 8.96. The lowest BCUT2D eigenvalue weighted by Crippen LogP contribution is -2.63. The number of β-lactam (4-membered cyclic amide) rings is 1. The van der Waals surface area contributed by atoms with Crippen LogP contribution in [0.25, 0.3) is 0 Å². The third-order valence-corrected chi connectivity index (χ3v) is 8.88. The van der Waals surface area contributed by atoms with Gasteiger partial charge >= 0.3 is 5.97 Å². The maximum Gasteiger partial charge on any atom is 0.353 e. The summed E-state index contributed by atoms with van der Waals surface area (Å²) in [4.78, 5) is 40.5. The third-order valence-electron chi connectivity index (χ3n) is 7.37. The van der Waals surface area contributed by atoms with Gasteiger partial charge in [0.05, 0.1) is 24.1 Å². The second-order valence-electron chi connectivity index (χ2n) is 9.88. The van der Waals surface area contributed by atoms with E-state index in [0.717, 1.165) is 37.3 Å². The standard InChI is InChI=1S/C22H34N4O5S/c1-10-17-16(11(2)27)21(29)26(17)18(22(30)31)19(10)32-14-7-13(23-9-14)5-12-6-15(24-8-12)20(28)25(3)4/h10-17,23-24,27H,5-9H2,1-4H3,(H,30,31)/t10-,11-,12?,13-,14+,15+,16-,17-/m1/s1. The van der Waals surface area contributed by atoms with Crippen molar-refractivity contribution in [3.63, 3.8) is 0 Å². The van der Waals surface area contributed by atoms with E-state index in [1.807, 2.05) is 6.92 Å². The van der Waals surface area contributed by atoms with Crippen LogP contribution < -0.4 is 10.6 Å². The Morgan fingerprint density at radius 1 is 1.25 bits per heavy atom. The number of aliphatic carboxylic acids is 1. The molecule has 3 saturated heterocycles. The Kier molecular flexibility index (Phi) is 6.59. The molecule has 32 heavy (non-hydrogen) atoms. The highest BCUT2D eigenvalue weighted by atomic mass is 32.2. The number of amides is 2. The van der Waals surface area contributed by atoms with E-state index in [2.05, 4.69) is 10.6 Å². The average molecular weight is 467 g/mol. The number of hydrogen-bond acceptors (Lipinski definition) is 7. The number of carbonyl (C=O) groups excluding carboxylic acids is 2. The zero-order valence-corrected chi connectivity index (χ0v) is 19.9. The summed E-state index contributed by atoms with van der Waals surface area (Å²) >= 11 is 1.58. The minimum atomic E-state index is -1.07. The van der Waals surface area contributed by atoms with E-state index in [0.29, 0.717) is 12.0 Å². The van der Waals surface area contributed by atoms with Gasteiger partial charge in [0.25, 0.3) is 0 Å². The summed E-state index contributed by atoms with van der Waals surface area (Å²) in [5.41, 5.74) is 0.0999. The van der Waals surface area contributed by atoms with Crippen LogP contribution in [0.1, 0.15) is 33.1 Å². The summed E-state index contributed by atoms with van der Waals surface area (Å²) in [6.45, 7) is 5.18. The van der Waals surface area contributed by atoms with Gasteiger partial charge in [-0.1, -0.05) is 6.92 Å². The van der Waals surface area contributed by atoms with Crippen LogP contribution >= 0.6 is 11.8 Å². The van der Waals surface area contributed by atoms with Crippen LogP contribution in [0.5, 0.6) is 0 Å². The Labute approximate surface area is 193 Å². The lowest BCUT2D eigenvalue weighted by atomic mass is 9.79. The smallest absolute Gasteiger partial charge is 0.353 e. The van der Waals surface area contributed by atoms with Crippen molar-refractivity contribution < 1.29 is 24.6 Å². The maximum atomic E-state index is 12.5. The number of carbonyl (C=O) groups is 3. The van der Waals surface area contributed by atoms with Gasteiger partial charge in [0.2, 0.25) is 11.8 Å². The van der Waals surface area contributed by atoms with Crippen LogP contribution in [0.4, 0.5) is 0 Å². The van der Waals surface area contributed by atoms with Crippen molar-refractivity contribution in [2.75, 3.05) is 27.2 Å². The van der Waals surface area contributed by atoms with Gasteiger partial charge in [0.1, 0.15) is 5.70 Å². The fourth-order valence-corrected chi connectivity index (χ4v) is 7.32. The largest absolute Gasteiger partial charge is 0.477 e. The molecule has 8 atom stereocenters. The third kappa shape index (κ3) is 4.06. The van der Waals surface area contributed by atoms with Gasteiger partial charge in [0, 0.05) is 42.8 Å². The van der Waals surface area contributed by atoms with Gasteiger partial charge in [-0.05, 0) is 38.6 Å². The minimum absolute atomic E-state index is 0.0979. The van der Waals surface area contributed by atoms with Crippen LogP contribution in [-0.2, 0) is 14.4 Å². The molecule has 10 heteroatoms. The molecule has 4 aliphatic heterocycles. The van der Waals surface area contributed by atoms with Crippen molar-refractivity contribution >= 4 is 29.5 Å². The Balaban J connectivity index is 1.36. The molecule has 2 amide bonds. The van der Waals surface area contributed by atoms with Crippen molar-refractivity contribution in [1.29, 1.82) is 0 Å². The van der Waals surface area contributed by atoms with Gasteiger partial charge < -0.3 is 30.6 Å². The molecule has 0 saturated carbocycles. The highest BCUT2D eigenvalue weighted by molar-refractivity contribution is 8.03. The first-order chi connectivity index (χ1) is 15.1. The molecular weight excluding hydrogens is 432 g/mol. The molecule has 178 valence electrons. The number of rotatable bonds is 7. The van der Waals surface area contributed by atoms with Gasteiger partial charge in [-0.3, -0.25) is 9.59 Å². The van der Waals surface area contributed by atoms with Crippen molar-refractivity contribution in [3.05, 3.63) is 10.6 Å². The van der Waals surface area contributed by atoms with Gasteiger partial charge in [0.15, 0.2) is 0 Å². The summed E-state index contributed by atoms with van der Waals surface area (Å²) in [5, 5.41) is 26.9. The first kappa shape index (κ1) is 23.5. The average Bonchev–Trinajstić information content (AvgIpc) is 3.41.